The highest BCUT2D eigenvalue weighted by molar-refractivity contribution is 5.75. The summed E-state index contributed by atoms with van der Waals surface area (Å²) < 4.78 is 15.0. The van der Waals surface area contributed by atoms with Gasteiger partial charge in [-0.15, -0.1) is 0 Å². The molecule has 0 amide bonds. The van der Waals surface area contributed by atoms with E-state index in [9.17, 15) is 19.5 Å². The van der Waals surface area contributed by atoms with E-state index in [1.54, 1.807) is 13.8 Å². The minimum atomic E-state index is -1.58. The number of ether oxygens (including phenoxy) is 3. The Morgan fingerprint density at radius 3 is 2.38 bits per heavy atom. The Morgan fingerprint density at radius 1 is 1.19 bits per heavy atom. The Morgan fingerprint density at radius 2 is 1.86 bits per heavy atom. The van der Waals surface area contributed by atoms with E-state index < -0.39 is 42.5 Å². The van der Waals surface area contributed by atoms with Gasteiger partial charge in [0.15, 0.2) is 18.5 Å². The number of hydrogen-bond donors (Lipinski definition) is 2. The lowest BCUT2D eigenvalue weighted by Crippen LogP contribution is -2.55. The SMILES string of the molecule is CCCC(=O)OC1CC(O)OC(C(=O)O)[C@H]1OC(=O)CC. The molecule has 2 N–H and O–H groups in total. The molecule has 4 atom stereocenters. The average Bonchev–Trinajstić information content (AvgIpc) is 2.41. The van der Waals surface area contributed by atoms with E-state index in [1.807, 2.05) is 0 Å². The van der Waals surface area contributed by atoms with Gasteiger partial charge in [0.2, 0.25) is 0 Å². The summed E-state index contributed by atoms with van der Waals surface area (Å²) >= 11 is 0. The minimum Gasteiger partial charge on any atom is -0.479 e. The zero-order valence-electron chi connectivity index (χ0n) is 12.0. The van der Waals surface area contributed by atoms with Crippen LogP contribution in [0.2, 0.25) is 0 Å². The first-order chi connectivity index (χ1) is 9.88. The molecule has 0 aromatic heterocycles. The molecule has 120 valence electrons. The quantitative estimate of drug-likeness (QED) is 0.668. The van der Waals surface area contributed by atoms with Crippen molar-refractivity contribution in [1.29, 1.82) is 0 Å². The van der Waals surface area contributed by atoms with E-state index in [0.717, 1.165) is 0 Å². The molecular weight excluding hydrogens is 284 g/mol. The van der Waals surface area contributed by atoms with E-state index in [-0.39, 0.29) is 19.3 Å². The smallest absolute Gasteiger partial charge is 0.337 e. The van der Waals surface area contributed by atoms with Crippen LogP contribution in [-0.2, 0) is 28.6 Å². The molecule has 8 heteroatoms. The number of hydrogen-bond acceptors (Lipinski definition) is 7. The van der Waals surface area contributed by atoms with Crippen LogP contribution in [0.15, 0.2) is 0 Å². The number of carboxylic acids is 1. The summed E-state index contributed by atoms with van der Waals surface area (Å²) in [4.78, 5) is 34.1. The normalized spacial score (nSPS) is 28.7. The van der Waals surface area contributed by atoms with E-state index in [1.165, 1.54) is 0 Å². The number of esters is 2. The topological polar surface area (TPSA) is 119 Å². The predicted octanol–water partition coefficient (Wildman–Crippen LogP) is 0.212. The van der Waals surface area contributed by atoms with Crippen LogP contribution >= 0.6 is 0 Å². The molecule has 0 aromatic carbocycles. The third-order valence-electron chi connectivity index (χ3n) is 2.94. The first-order valence-corrected chi connectivity index (χ1v) is 6.84. The number of aliphatic hydroxyl groups excluding tert-OH is 1. The van der Waals surface area contributed by atoms with E-state index in [4.69, 9.17) is 19.3 Å². The van der Waals surface area contributed by atoms with Crippen LogP contribution in [-0.4, -0.2) is 52.7 Å². The molecule has 1 rings (SSSR count). The van der Waals surface area contributed by atoms with Crippen molar-refractivity contribution in [2.75, 3.05) is 0 Å². The van der Waals surface area contributed by atoms with E-state index >= 15 is 0 Å². The van der Waals surface area contributed by atoms with Crippen molar-refractivity contribution < 1.29 is 38.8 Å². The second-order valence-electron chi connectivity index (χ2n) is 4.67. The molecule has 1 heterocycles. The average molecular weight is 304 g/mol. The van der Waals surface area contributed by atoms with Crippen molar-refractivity contribution in [3.05, 3.63) is 0 Å². The number of rotatable bonds is 6. The Bertz CT molecular complexity index is 394. The van der Waals surface area contributed by atoms with Gasteiger partial charge in [0, 0.05) is 19.3 Å². The number of carboxylic acid groups (broad SMARTS) is 1. The maximum atomic E-state index is 11.6. The van der Waals surface area contributed by atoms with Crippen molar-refractivity contribution in [2.45, 2.75) is 64.1 Å². The highest BCUT2D eigenvalue weighted by Gasteiger charge is 2.46. The van der Waals surface area contributed by atoms with E-state index in [2.05, 4.69) is 0 Å². The van der Waals surface area contributed by atoms with Crippen LogP contribution in [0.1, 0.15) is 39.5 Å². The van der Waals surface area contributed by atoms with Gasteiger partial charge < -0.3 is 24.4 Å². The molecule has 0 saturated carbocycles. The lowest BCUT2D eigenvalue weighted by molar-refractivity contribution is -0.248. The fourth-order valence-corrected chi connectivity index (χ4v) is 1.95. The summed E-state index contributed by atoms with van der Waals surface area (Å²) in [6.07, 6.45) is -4.71. The van der Waals surface area contributed by atoms with Gasteiger partial charge in [-0.3, -0.25) is 9.59 Å². The Balaban J connectivity index is 2.88. The standard InChI is InChI=1S/C13H20O8/c1-3-5-9(15)19-7-6-10(16)21-12(13(17)18)11(7)20-8(14)4-2/h7,10-12,16H,3-6H2,1-2H3,(H,17,18)/t7?,10?,11-,12?/m0/s1. The zero-order valence-corrected chi connectivity index (χ0v) is 12.0. The van der Waals surface area contributed by atoms with Crippen LogP contribution in [0, 0.1) is 0 Å². The molecule has 0 spiro atoms. The van der Waals surface area contributed by atoms with Crippen molar-refractivity contribution in [1.82, 2.24) is 0 Å². The third-order valence-corrected chi connectivity index (χ3v) is 2.94. The lowest BCUT2D eigenvalue weighted by Gasteiger charge is -2.37. The highest BCUT2D eigenvalue weighted by Crippen LogP contribution is 2.25. The first-order valence-electron chi connectivity index (χ1n) is 6.84. The molecule has 21 heavy (non-hydrogen) atoms. The molecule has 8 nitrogen and oxygen atoms in total. The summed E-state index contributed by atoms with van der Waals surface area (Å²) in [6, 6.07) is 0. The van der Waals surface area contributed by atoms with Gasteiger partial charge in [-0.2, -0.15) is 0 Å². The van der Waals surface area contributed by atoms with Gasteiger partial charge in [0.1, 0.15) is 6.10 Å². The highest BCUT2D eigenvalue weighted by atomic mass is 16.7. The lowest BCUT2D eigenvalue weighted by atomic mass is 10.0. The Kier molecular flexibility index (Phi) is 6.57. The van der Waals surface area contributed by atoms with Crippen LogP contribution in [0.4, 0.5) is 0 Å². The number of carbonyl (C=O) groups excluding carboxylic acids is 2. The second-order valence-corrected chi connectivity index (χ2v) is 4.67. The van der Waals surface area contributed by atoms with Crippen LogP contribution < -0.4 is 0 Å². The van der Waals surface area contributed by atoms with Gasteiger partial charge in [-0.1, -0.05) is 13.8 Å². The summed E-state index contributed by atoms with van der Waals surface area (Å²) in [5.74, 6) is -2.58. The van der Waals surface area contributed by atoms with Crippen molar-refractivity contribution in [3.8, 4) is 0 Å². The summed E-state index contributed by atoms with van der Waals surface area (Å²) in [6.45, 7) is 3.34. The second kappa shape index (κ2) is 7.94. The third kappa shape index (κ3) is 4.98. The van der Waals surface area contributed by atoms with Crippen molar-refractivity contribution in [2.24, 2.45) is 0 Å². The molecule has 0 radical (unpaired) electrons. The number of aliphatic carboxylic acids is 1. The summed E-state index contributed by atoms with van der Waals surface area (Å²) in [5.41, 5.74) is 0. The molecule has 1 aliphatic rings. The first kappa shape index (κ1) is 17.4. The maximum absolute atomic E-state index is 11.6. The van der Waals surface area contributed by atoms with Crippen molar-refractivity contribution >= 4 is 17.9 Å². The van der Waals surface area contributed by atoms with E-state index in [0.29, 0.717) is 6.42 Å². The molecule has 0 aliphatic carbocycles. The predicted molar refractivity (Wildman–Crippen MR) is 68.1 cm³/mol. The largest absolute Gasteiger partial charge is 0.479 e. The van der Waals surface area contributed by atoms with Crippen LogP contribution in [0.5, 0.6) is 0 Å². The molecule has 3 unspecified atom stereocenters. The van der Waals surface area contributed by atoms with Gasteiger partial charge in [0.05, 0.1) is 0 Å². The molecule has 1 fully saturated rings. The minimum absolute atomic E-state index is 0.0427. The monoisotopic (exact) mass is 304 g/mol. The summed E-state index contributed by atoms with van der Waals surface area (Å²) in [7, 11) is 0. The fraction of sp³-hybridized carbons (Fsp3) is 0.769. The molecule has 0 aromatic rings. The zero-order chi connectivity index (χ0) is 16.0. The van der Waals surface area contributed by atoms with Gasteiger partial charge in [0.25, 0.3) is 0 Å². The molecule has 1 saturated heterocycles. The maximum Gasteiger partial charge on any atom is 0.337 e. The van der Waals surface area contributed by atoms with Gasteiger partial charge >= 0.3 is 17.9 Å². The van der Waals surface area contributed by atoms with Gasteiger partial charge in [-0.25, -0.2) is 4.79 Å². The molecular formula is C13H20O8. The van der Waals surface area contributed by atoms with Crippen LogP contribution in [0.3, 0.4) is 0 Å². The van der Waals surface area contributed by atoms with Gasteiger partial charge in [-0.05, 0) is 6.42 Å². The fourth-order valence-electron chi connectivity index (χ4n) is 1.95. The van der Waals surface area contributed by atoms with Crippen LogP contribution in [0.25, 0.3) is 0 Å². The summed E-state index contributed by atoms with van der Waals surface area (Å²) in [5, 5.41) is 18.6. The molecule has 1 aliphatic heterocycles. The van der Waals surface area contributed by atoms with Crippen molar-refractivity contribution in [3.63, 3.8) is 0 Å². The number of carbonyl (C=O) groups is 3. The molecule has 0 bridgehead atoms. The number of aliphatic hydroxyl groups is 1. The Hall–Kier alpha value is -1.67. The Labute approximate surface area is 122 Å².